The van der Waals surface area contributed by atoms with Gasteiger partial charge in [0.2, 0.25) is 0 Å². The molecule has 0 fully saturated rings. The Kier molecular flexibility index (Phi) is 4.44. The Morgan fingerprint density at radius 2 is 1.88 bits per heavy atom. The molecule has 1 aliphatic heterocycles. The largest absolute Gasteiger partial charge is 0.486 e. The van der Waals surface area contributed by atoms with Crippen LogP contribution in [0.25, 0.3) is 0 Å². The van der Waals surface area contributed by atoms with Crippen molar-refractivity contribution < 1.29 is 9.47 Å². The molecule has 2 rings (SSSR count). The highest BCUT2D eigenvalue weighted by Crippen LogP contribution is 2.38. The number of nitrogens with two attached hydrogens (primary N) is 1. The summed E-state index contributed by atoms with van der Waals surface area (Å²) in [7, 11) is 0. The quantitative estimate of drug-likeness (QED) is 0.866. The molecule has 1 aliphatic rings. The van der Waals surface area contributed by atoms with Crippen LogP contribution in [0.1, 0.15) is 17.5 Å². The standard InChI is InChI=1S/C12H17NO2.ClH/c1-8-3-4-9(2)12-11(8)14-7-10(15-12)5-6-13;/h3-4,10H,5-7,13H2,1-2H3;1H. The first-order chi connectivity index (χ1) is 7.22. The zero-order valence-corrected chi connectivity index (χ0v) is 10.5. The highest BCUT2D eigenvalue weighted by Gasteiger charge is 2.23. The zero-order chi connectivity index (χ0) is 10.8. The molecule has 1 aromatic rings. The van der Waals surface area contributed by atoms with Crippen LogP contribution < -0.4 is 15.2 Å². The predicted octanol–water partition coefficient (Wildman–Crippen LogP) is 2.21. The molecule has 16 heavy (non-hydrogen) atoms. The third kappa shape index (κ3) is 2.42. The second-order valence-electron chi connectivity index (χ2n) is 3.99. The van der Waals surface area contributed by atoms with Crippen molar-refractivity contribution in [2.24, 2.45) is 5.73 Å². The van der Waals surface area contributed by atoms with Crippen LogP contribution in [0.15, 0.2) is 12.1 Å². The van der Waals surface area contributed by atoms with Gasteiger partial charge in [-0.15, -0.1) is 12.4 Å². The fourth-order valence-corrected chi connectivity index (χ4v) is 1.79. The summed E-state index contributed by atoms with van der Waals surface area (Å²) < 4.78 is 11.6. The van der Waals surface area contributed by atoms with E-state index in [4.69, 9.17) is 15.2 Å². The summed E-state index contributed by atoms with van der Waals surface area (Å²) in [6.45, 7) is 5.31. The van der Waals surface area contributed by atoms with Crippen molar-refractivity contribution >= 4 is 12.4 Å². The maximum Gasteiger partial charge on any atom is 0.164 e. The number of fused-ring (bicyclic) bond motifs is 1. The average Bonchev–Trinajstić information content (AvgIpc) is 2.24. The molecule has 0 aromatic heterocycles. The van der Waals surface area contributed by atoms with E-state index in [0.717, 1.165) is 29.0 Å². The van der Waals surface area contributed by atoms with Crippen molar-refractivity contribution in [1.29, 1.82) is 0 Å². The molecule has 0 spiro atoms. The summed E-state index contributed by atoms with van der Waals surface area (Å²) in [6, 6.07) is 4.11. The predicted molar refractivity (Wildman–Crippen MR) is 66.7 cm³/mol. The molecule has 90 valence electrons. The first-order valence-electron chi connectivity index (χ1n) is 5.32. The molecule has 4 heteroatoms. The Labute approximate surface area is 102 Å². The van der Waals surface area contributed by atoms with Gasteiger partial charge in [-0.2, -0.15) is 0 Å². The lowest BCUT2D eigenvalue weighted by molar-refractivity contribution is 0.0850. The normalized spacial score (nSPS) is 17.8. The minimum atomic E-state index is 0. The number of benzene rings is 1. The second-order valence-corrected chi connectivity index (χ2v) is 3.99. The van der Waals surface area contributed by atoms with Gasteiger partial charge in [0.25, 0.3) is 0 Å². The SMILES string of the molecule is Cc1ccc(C)c2c1OCC(CCN)O2.Cl. The van der Waals surface area contributed by atoms with Crippen molar-refractivity contribution in [1.82, 2.24) is 0 Å². The average molecular weight is 244 g/mol. The van der Waals surface area contributed by atoms with Crippen LogP contribution in [0.4, 0.5) is 0 Å². The van der Waals surface area contributed by atoms with Gasteiger partial charge in [0.15, 0.2) is 11.5 Å². The Morgan fingerprint density at radius 1 is 1.25 bits per heavy atom. The molecule has 1 aromatic carbocycles. The van der Waals surface area contributed by atoms with Gasteiger partial charge >= 0.3 is 0 Å². The van der Waals surface area contributed by atoms with E-state index < -0.39 is 0 Å². The van der Waals surface area contributed by atoms with E-state index >= 15 is 0 Å². The molecule has 0 aliphatic carbocycles. The first-order valence-corrected chi connectivity index (χ1v) is 5.32. The van der Waals surface area contributed by atoms with Gasteiger partial charge in [-0.1, -0.05) is 12.1 Å². The smallest absolute Gasteiger partial charge is 0.164 e. The van der Waals surface area contributed by atoms with Gasteiger partial charge in [0.1, 0.15) is 12.7 Å². The van der Waals surface area contributed by atoms with Crippen LogP contribution in [0, 0.1) is 13.8 Å². The minimum absolute atomic E-state index is 0. The zero-order valence-electron chi connectivity index (χ0n) is 9.66. The third-order valence-corrected chi connectivity index (χ3v) is 2.69. The van der Waals surface area contributed by atoms with Crippen LogP contribution in [-0.2, 0) is 0 Å². The molecule has 0 saturated carbocycles. The third-order valence-electron chi connectivity index (χ3n) is 2.69. The monoisotopic (exact) mass is 243 g/mol. The first kappa shape index (κ1) is 13.1. The molecule has 0 bridgehead atoms. The van der Waals surface area contributed by atoms with E-state index in [2.05, 4.69) is 12.1 Å². The van der Waals surface area contributed by atoms with Gasteiger partial charge in [0, 0.05) is 0 Å². The van der Waals surface area contributed by atoms with Crippen molar-refractivity contribution in [3.63, 3.8) is 0 Å². The van der Waals surface area contributed by atoms with Crippen molar-refractivity contribution in [3.05, 3.63) is 23.3 Å². The molecule has 1 unspecified atom stereocenters. The van der Waals surface area contributed by atoms with Crippen molar-refractivity contribution in [3.8, 4) is 11.5 Å². The van der Waals surface area contributed by atoms with Crippen LogP contribution in [0.5, 0.6) is 11.5 Å². The molecule has 1 atom stereocenters. The highest BCUT2D eigenvalue weighted by molar-refractivity contribution is 5.85. The fraction of sp³-hybridized carbons (Fsp3) is 0.500. The van der Waals surface area contributed by atoms with Gasteiger partial charge in [-0.3, -0.25) is 0 Å². The molecule has 0 radical (unpaired) electrons. The summed E-state index contributed by atoms with van der Waals surface area (Å²) in [4.78, 5) is 0. The van der Waals surface area contributed by atoms with E-state index in [1.807, 2.05) is 13.8 Å². The summed E-state index contributed by atoms with van der Waals surface area (Å²) >= 11 is 0. The number of halogens is 1. The number of hydrogen-bond donors (Lipinski definition) is 1. The van der Waals surface area contributed by atoms with E-state index in [1.54, 1.807) is 0 Å². The van der Waals surface area contributed by atoms with Crippen molar-refractivity contribution in [2.75, 3.05) is 13.2 Å². The van der Waals surface area contributed by atoms with Gasteiger partial charge < -0.3 is 15.2 Å². The molecule has 0 saturated heterocycles. The maximum atomic E-state index is 5.88. The highest BCUT2D eigenvalue weighted by atomic mass is 35.5. The molecule has 2 N–H and O–H groups in total. The second kappa shape index (κ2) is 5.41. The van der Waals surface area contributed by atoms with Gasteiger partial charge in [0.05, 0.1) is 0 Å². The van der Waals surface area contributed by atoms with E-state index in [1.165, 1.54) is 0 Å². The Bertz CT molecular complexity index is 368. The number of ether oxygens (including phenoxy) is 2. The lowest BCUT2D eigenvalue weighted by Gasteiger charge is -2.28. The van der Waals surface area contributed by atoms with E-state index in [0.29, 0.717) is 13.2 Å². The Balaban J connectivity index is 0.00000128. The number of hydrogen-bond acceptors (Lipinski definition) is 3. The Hall–Kier alpha value is -0.930. The van der Waals surface area contributed by atoms with E-state index in [-0.39, 0.29) is 18.5 Å². The Morgan fingerprint density at radius 3 is 2.50 bits per heavy atom. The van der Waals surface area contributed by atoms with Gasteiger partial charge in [-0.05, 0) is 37.9 Å². The summed E-state index contributed by atoms with van der Waals surface area (Å²) in [6.07, 6.45) is 0.940. The summed E-state index contributed by atoms with van der Waals surface area (Å²) in [5.41, 5.74) is 7.76. The number of aryl methyl sites for hydroxylation is 2. The molecule has 1 heterocycles. The van der Waals surface area contributed by atoms with Crippen LogP contribution in [-0.4, -0.2) is 19.3 Å². The molecule has 0 amide bonds. The minimum Gasteiger partial charge on any atom is -0.486 e. The lowest BCUT2D eigenvalue weighted by Crippen LogP contribution is -2.31. The van der Waals surface area contributed by atoms with E-state index in [9.17, 15) is 0 Å². The van der Waals surface area contributed by atoms with Gasteiger partial charge in [-0.25, -0.2) is 0 Å². The summed E-state index contributed by atoms with van der Waals surface area (Å²) in [5, 5.41) is 0. The number of rotatable bonds is 2. The van der Waals surface area contributed by atoms with Crippen LogP contribution in [0.3, 0.4) is 0 Å². The summed E-state index contributed by atoms with van der Waals surface area (Å²) in [5.74, 6) is 1.78. The van der Waals surface area contributed by atoms with Crippen LogP contribution in [0.2, 0.25) is 0 Å². The fourth-order valence-electron chi connectivity index (χ4n) is 1.79. The molecular weight excluding hydrogens is 226 g/mol. The lowest BCUT2D eigenvalue weighted by atomic mass is 10.1. The van der Waals surface area contributed by atoms with Crippen LogP contribution >= 0.6 is 12.4 Å². The topological polar surface area (TPSA) is 44.5 Å². The molecule has 3 nitrogen and oxygen atoms in total. The molecular formula is C12H18ClNO2. The van der Waals surface area contributed by atoms with Crippen molar-refractivity contribution in [2.45, 2.75) is 26.4 Å². The maximum absolute atomic E-state index is 5.88.